The van der Waals surface area contributed by atoms with Gasteiger partial charge in [0.05, 0.1) is 11.5 Å². The van der Waals surface area contributed by atoms with E-state index in [4.69, 9.17) is 4.74 Å². The molecule has 0 aliphatic rings. The summed E-state index contributed by atoms with van der Waals surface area (Å²) in [7, 11) is -3.46. The predicted octanol–water partition coefficient (Wildman–Crippen LogP) is 2.90. The van der Waals surface area contributed by atoms with Gasteiger partial charge in [0.15, 0.2) is 9.84 Å². The van der Waals surface area contributed by atoms with Crippen molar-refractivity contribution >= 4 is 15.8 Å². The van der Waals surface area contributed by atoms with E-state index < -0.39 is 21.6 Å². The SMILES string of the molecule is C=C(CS(=O)(=O)Cc1ccccc1)C(=O)OCc1ccccc1. The summed E-state index contributed by atoms with van der Waals surface area (Å²) in [4.78, 5) is 11.9. The molecule has 0 heterocycles. The summed E-state index contributed by atoms with van der Waals surface area (Å²) in [6.45, 7) is 3.63. The monoisotopic (exact) mass is 330 g/mol. The lowest BCUT2D eigenvalue weighted by Gasteiger charge is -2.08. The minimum atomic E-state index is -3.46. The Morgan fingerprint density at radius 1 is 0.913 bits per heavy atom. The second kappa shape index (κ2) is 7.74. The summed E-state index contributed by atoms with van der Waals surface area (Å²) in [5.41, 5.74) is 1.45. The van der Waals surface area contributed by atoms with Crippen LogP contribution in [0.25, 0.3) is 0 Å². The fraction of sp³-hybridized carbons (Fsp3) is 0.167. The van der Waals surface area contributed by atoms with Crippen molar-refractivity contribution in [2.45, 2.75) is 12.4 Å². The number of carbonyl (C=O) groups excluding carboxylic acids is 1. The molecule has 120 valence electrons. The van der Waals surface area contributed by atoms with E-state index in [1.165, 1.54) is 0 Å². The summed E-state index contributed by atoms with van der Waals surface area (Å²) in [5.74, 6) is -1.22. The molecule has 0 bridgehead atoms. The summed E-state index contributed by atoms with van der Waals surface area (Å²) < 4.78 is 29.3. The van der Waals surface area contributed by atoms with Gasteiger partial charge < -0.3 is 4.74 Å². The lowest BCUT2D eigenvalue weighted by Crippen LogP contribution is -2.17. The van der Waals surface area contributed by atoms with Gasteiger partial charge in [0.25, 0.3) is 0 Å². The number of sulfone groups is 1. The zero-order valence-corrected chi connectivity index (χ0v) is 13.5. The number of rotatable bonds is 7. The van der Waals surface area contributed by atoms with E-state index in [1.807, 2.05) is 36.4 Å². The first-order chi connectivity index (χ1) is 11.0. The Bertz CT molecular complexity index is 765. The molecule has 5 heteroatoms. The van der Waals surface area contributed by atoms with Crippen molar-refractivity contribution in [1.82, 2.24) is 0 Å². The molecule has 0 saturated carbocycles. The predicted molar refractivity (Wildman–Crippen MR) is 89.3 cm³/mol. The van der Waals surface area contributed by atoms with Gasteiger partial charge in [-0.05, 0) is 11.1 Å². The molecule has 2 aromatic rings. The van der Waals surface area contributed by atoms with Crippen molar-refractivity contribution in [2.75, 3.05) is 5.75 Å². The van der Waals surface area contributed by atoms with Crippen LogP contribution in [0, 0.1) is 0 Å². The zero-order valence-electron chi connectivity index (χ0n) is 12.6. The van der Waals surface area contributed by atoms with Gasteiger partial charge in [-0.25, -0.2) is 13.2 Å². The van der Waals surface area contributed by atoms with Crippen LogP contribution in [0.2, 0.25) is 0 Å². The van der Waals surface area contributed by atoms with E-state index in [-0.39, 0.29) is 17.9 Å². The van der Waals surface area contributed by atoms with E-state index in [1.54, 1.807) is 24.3 Å². The van der Waals surface area contributed by atoms with E-state index in [9.17, 15) is 13.2 Å². The minimum absolute atomic E-state index is 0.0585. The van der Waals surface area contributed by atoms with Crippen LogP contribution in [0.1, 0.15) is 11.1 Å². The summed E-state index contributed by atoms with van der Waals surface area (Å²) >= 11 is 0. The molecule has 2 rings (SSSR count). The van der Waals surface area contributed by atoms with Gasteiger partial charge in [-0.1, -0.05) is 67.2 Å². The molecule has 0 spiro atoms. The van der Waals surface area contributed by atoms with Gasteiger partial charge in [0.2, 0.25) is 0 Å². The fourth-order valence-corrected chi connectivity index (χ4v) is 3.48. The first-order valence-electron chi connectivity index (χ1n) is 7.09. The van der Waals surface area contributed by atoms with E-state index in [2.05, 4.69) is 6.58 Å². The molecular formula is C18H18O4S. The van der Waals surface area contributed by atoms with Crippen molar-refractivity contribution in [1.29, 1.82) is 0 Å². The second-order valence-electron chi connectivity index (χ2n) is 5.18. The van der Waals surface area contributed by atoms with Crippen LogP contribution in [-0.4, -0.2) is 20.1 Å². The molecule has 0 aromatic heterocycles. The molecule has 0 N–H and O–H groups in total. The highest BCUT2D eigenvalue weighted by atomic mass is 32.2. The number of esters is 1. The molecule has 0 amide bonds. The lowest BCUT2D eigenvalue weighted by molar-refractivity contribution is -0.140. The average molecular weight is 330 g/mol. The van der Waals surface area contributed by atoms with Crippen LogP contribution in [-0.2, 0) is 31.7 Å². The molecule has 0 aliphatic heterocycles. The summed E-state index contributed by atoms with van der Waals surface area (Å²) in [6.07, 6.45) is 0. The van der Waals surface area contributed by atoms with Crippen LogP contribution < -0.4 is 0 Å². The van der Waals surface area contributed by atoms with E-state index >= 15 is 0 Å². The van der Waals surface area contributed by atoms with Gasteiger partial charge in [0, 0.05) is 5.57 Å². The first-order valence-corrected chi connectivity index (χ1v) is 8.91. The molecule has 23 heavy (non-hydrogen) atoms. The number of hydrogen-bond acceptors (Lipinski definition) is 4. The lowest BCUT2D eigenvalue weighted by atomic mass is 10.2. The number of benzene rings is 2. The topological polar surface area (TPSA) is 60.4 Å². The van der Waals surface area contributed by atoms with Crippen LogP contribution >= 0.6 is 0 Å². The van der Waals surface area contributed by atoms with Crippen LogP contribution in [0.3, 0.4) is 0 Å². The molecule has 0 atom stereocenters. The number of ether oxygens (including phenoxy) is 1. The highest BCUT2D eigenvalue weighted by molar-refractivity contribution is 7.90. The smallest absolute Gasteiger partial charge is 0.334 e. The van der Waals surface area contributed by atoms with Crippen molar-refractivity contribution in [3.8, 4) is 0 Å². The molecule has 4 nitrogen and oxygen atoms in total. The maximum absolute atomic E-state index is 12.1. The van der Waals surface area contributed by atoms with E-state index in [0.29, 0.717) is 5.56 Å². The Morgan fingerprint density at radius 3 is 2.00 bits per heavy atom. The van der Waals surface area contributed by atoms with Crippen LogP contribution in [0.4, 0.5) is 0 Å². The third kappa shape index (κ3) is 5.71. The highest BCUT2D eigenvalue weighted by Crippen LogP contribution is 2.11. The maximum Gasteiger partial charge on any atom is 0.334 e. The van der Waals surface area contributed by atoms with Crippen molar-refractivity contribution in [3.63, 3.8) is 0 Å². The normalized spacial score (nSPS) is 11.0. The van der Waals surface area contributed by atoms with Crippen LogP contribution in [0.15, 0.2) is 72.8 Å². The Hall–Kier alpha value is -2.40. The van der Waals surface area contributed by atoms with Gasteiger partial charge in [-0.2, -0.15) is 0 Å². The van der Waals surface area contributed by atoms with Gasteiger partial charge >= 0.3 is 5.97 Å². The minimum Gasteiger partial charge on any atom is -0.457 e. The molecular weight excluding hydrogens is 312 g/mol. The second-order valence-corrected chi connectivity index (χ2v) is 7.25. The Kier molecular flexibility index (Phi) is 5.71. The maximum atomic E-state index is 12.1. The Labute approximate surface area is 136 Å². The third-order valence-corrected chi connectivity index (χ3v) is 4.69. The van der Waals surface area contributed by atoms with Crippen molar-refractivity contribution in [3.05, 3.63) is 83.9 Å². The molecule has 0 unspecified atom stereocenters. The third-order valence-electron chi connectivity index (χ3n) is 3.12. The van der Waals surface area contributed by atoms with Crippen molar-refractivity contribution < 1.29 is 17.9 Å². The first kappa shape index (κ1) is 17.0. The molecule has 0 saturated heterocycles. The van der Waals surface area contributed by atoms with Gasteiger partial charge in [0.1, 0.15) is 6.61 Å². The van der Waals surface area contributed by atoms with Gasteiger partial charge in [-0.15, -0.1) is 0 Å². The highest BCUT2D eigenvalue weighted by Gasteiger charge is 2.19. The van der Waals surface area contributed by atoms with Crippen molar-refractivity contribution in [2.24, 2.45) is 0 Å². The fourth-order valence-electron chi connectivity index (χ4n) is 2.03. The van der Waals surface area contributed by atoms with Crippen LogP contribution in [0.5, 0.6) is 0 Å². The van der Waals surface area contributed by atoms with Gasteiger partial charge in [-0.3, -0.25) is 0 Å². The average Bonchev–Trinajstić information content (AvgIpc) is 2.53. The quantitative estimate of drug-likeness (QED) is 0.578. The molecule has 2 aromatic carbocycles. The Balaban J connectivity index is 1.88. The molecule has 0 fully saturated rings. The largest absolute Gasteiger partial charge is 0.457 e. The molecule has 0 radical (unpaired) electrons. The summed E-state index contributed by atoms with van der Waals surface area (Å²) in [6, 6.07) is 18.0. The summed E-state index contributed by atoms with van der Waals surface area (Å²) in [5, 5.41) is 0. The Morgan fingerprint density at radius 2 is 1.43 bits per heavy atom. The standard InChI is InChI=1S/C18H18O4S/c1-15(18(19)22-12-16-8-4-2-5-9-16)13-23(20,21)14-17-10-6-3-7-11-17/h2-11H,1,12-14H2. The number of hydrogen-bond donors (Lipinski definition) is 0. The molecule has 0 aliphatic carbocycles. The zero-order chi connectivity index (χ0) is 16.7. The number of carbonyl (C=O) groups is 1. The van der Waals surface area contributed by atoms with E-state index in [0.717, 1.165) is 5.56 Å².